The molecule has 3 heterocycles. The van der Waals surface area contributed by atoms with Gasteiger partial charge in [0.25, 0.3) is 5.56 Å². The highest BCUT2D eigenvalue weighted by Gasteiger charge is 2.19. The topological polar surface area (TPSA) is 47.0 Å². The van der Waals surface area contributed by atoms with E-state index in [4.69, 9.17) is 17.0 Å². The van der Waals surface area contributed by atoms with Crippen LogP contribution in [0.4, 0.5) is 0 Å². The molecule has 0 radical (unpaired) electrons. The summed E-state index contributed by atoms with van der Waals surface area (Å²) in [5.41, 5.74) is 0.847. The fourth-order valence-electron chi connectivity index (χ4n) is 2.87. The maximum absolute atomic E-state index is 12.7. The lowest BCUT2D eigenvalue weighted by Crippen LogP contribution is -2.27. The van der Waals surface area contributed by atoms with Gasteiger partial charge in [0.2, 0.25) is 0 Å². The van der Waals surface area contributed by atoms with Crippen LogP contribution in [0.25, 0.3) is 20.3 Å². The van der Waals surface area contributed by atoms with E-state index in [9.17, 15) is 4.79 Å². The van der Waals surface area contributed by atoms with Gasteiger partial charge < -0.3 is 9.72 Å². The Morgan fingerprint density at radius 1 is 1.43 bits per heavy atom. The Kier molecular flexibility index (Phi) is 3.17. The number of hydrogen-bond donors (Lipinski definition) is 1. The van der Waals surface area contributed by atoms with E-state index < -0.39 is 0 Å². The summed E-state index contributed by atoms with van der Waals surface area (Å²) in [4.78, 5) is 16.0. The highest BCUT2D eigenvalue weighted by atomic mass is 32.1. The second-order valence-corrected chi connectivity index (χ2v) is 6.72. The minimum atomic E-state index is -0.00884. The van der Waals surface area contributed by atoms with Crippen LogP contribution in [0, 0.1) is 4.77 Å². The maximum atomic E-state index is 12.7. The molecule has 2 aromatic heterocycles. The standard InChI is InChI=1S/C15H14N2O2S2/c18-14-13-12(10-5-1-2-6-11(10)21-13)16-15(20)17(14)8-9-4-3-7-19-9/h1-2,5-6,9H,3-4,7-8H2,(H,16,20)/t9-/m1/s1. The Labute approximate surface area is 130 Å². The largest absolute Gasteiger partial charge is 0.376 e. The molecule has 0 saturated carbocycles. The van der Waals surface area contributed by atoms with Crippen LogP contribution in [0.3, 0.4) is 0 Å². The van der Waals surface area contributed by atoms with Gasteiger partial charge in [0, 0.05) is 16.7 Å². The van der Waals surface area contributed by atoms with E-state index in [1.165, 1.54) is 11.3 Å². The van der Waals surface area contributed by atoms with Gasteiger partial charge >= 0.3 is 0 Å². The molecule has 1 aliphatic rings. The predicted octanol–water partition coefficient (Wildman–Crippen LogP) is 3.45. The first-order valence-electron chi connectivity index (χ1n) is 7.00. The molecule has 21 heavy (non-hydrogen) atoms. The van der Waals surface area contributed by atoms with E-state index in [1.54, 1.807) is 4.57 Å². The number of hydrogen-bond acceptors (Lipinski definition) is 4. The molecule has 3 aromatic rings. The van der Waals surface area contributed by atoms with Gasteiger partial charge in [0.05, 0.1) is 18.2 Å². The Balaban J connectivity index is 1.94. The van der Waals surface area contributed by atoms with Crippen LogP contribution in [-0.2, 0) is 11.3 Å². The van der Waals surface area contributed by atoms with Gasteiger partial charge in [-0.05, 0) is 31.1 Å². The molecule has 1 aliphatic heterocycles. The summed E-state index contributed by atoms with van der Waals surface area (Å²) in [6, 6.07) is 8.00. The zero-order valence-corrected chi connectivity index (χ0v) is 12.9. The van der Waals surface area contributed by atoms with Crippen LogP contribution < -0.4 is 5.56 Å². The molecule has 0 amide bonds. The second kappa shape index (κ2) is 5.05. The van der Waals surface area contributed by atoms with E-state index in [0.717, 1.165) is 39.8 Å². The van der Waals surface area contributed by atoms with Crippen LogP contribution in [0.5, 0.6) is 0 Å². The third-order valence-corrected chi connectivity index (χ3v) is 5.40. The average molecular weight is 318 g/mol. The summed E-state index contributed by atoms with van der Waals surface area (Å²) in [7, 11) is 0. The van der Waals surface area contributed by atoms with Gasteiger partial charge in [-0.15, -0.1) is 11.3 Å². The van der Waals surface area contributed by atoms with Crippen molar-refractivity contribution >= 4 is 43.9 Å². The molecule has 1 saturated heterocycles. The lowest BCUT2D eigenvalue weighted by molar-refractivity contribution is 0.0957. The molecule has 1 aromatic carbocycles. The van der Waals surface area contributed by atoms with Crippen molar-refractivity contribution < 1.29 is 4.74 Å². The first-order chi connectivity index (χ1) is 10.2. The molecular formula is C15H14N2O2S2. The van der Waals surface area contributed by atoms with Crippen LogP contribution >= 0.6 is 23.6 Å². The quantitative estimate of drug-likeness (QED) is 0.736. The zero-order valence-electron chi connectivity index (χ0n) is 11.3. The van der Waals surface area contributed by atoms with Crippen molar-refractivity contribution in [2.24, 2.45) is 0 Å². The summed E-state index contributed by atoms with van der Waals surface area (Å²) in [5.74, 6) is 0. The molecule has 4 nitrogen and oxygen atoms in total. The molecular weight excluding hydrogens is 304 g/mol. The third kappa shape index (κ3) is 2.14. The highest BCUT2D eigenvalue weighted by Crippen LogP contribution is 2.30. The number of nitrogens with one attached hydrogen (secondary N) is 1. The van der Waals surface area contributed by atoms with Gasteiger partial charge in [-0.3, -0.25) is 9.36 Å². The Bertz CT molecular complexity index is 932. The van der Waals surface area contributed by atoms with Crippen LogP contribution in [0.15, 0.2) is 29.1 Å². The van der Waals surface area contributed by atoms with Gasteiger partial charge in [-0.1, -0.05) is 18.2 Å². The number of thiophene rings is 1. The van der Waals surface area contributed by atoms with E-state index >= 15 is 0 Å². The van der Waals surface area contributed by atoms with Crippen LogP contribution in [0.2, 0.25) is 0 Å². The average Bonchev–Trinajstić information content (AvgIpc) is 3.11. The monoisotopic (exact) mass is 318 g/mol. The Hall–Kier alpha value is -1.50. The molecule has 0 bridgehead atoms. The number of benzene rings is 1. The fraction of sp³-hybridized carbons (Fsp3) is 0.333. The molecule has 108 valence electrons. The van der Waals surface area contributed by atoms with Crippen molar-refractivity contribution in [2.45, 2.75) is 25.5 Å². The molecule has 4 rings (SSSR count). The fourth-order valence-corrected chi connectivity index (χ4v) is 4.23. The van der Waals surface area contributed by atoms with E-state index in [-0.39, 0.29) is 11.7 Å². The van der Waals surface area contributed by atoms with Crippen molar-refractivity contribution in [3.8, 4) is 0 Å². The van der Waals surface area contributed by atoms with Crippen LogP contribution in [0.1, 0.15) is 12.8 Å². The number of aromatic nitrogens is 2. The van der Waals surface area contributed by atoms with E-state index in [2.05, 4.69) is 4.98 Å². The lowest BCUT2D eigenvalue weighted by Gasteiger charge is -2.11. The maximum Gasteiger partial charge on any atom is 0.272 e. The van der Waals surface area contributed by atoms with Crippen molar-refractivity contribution in [1.29, 1.82) is 0 Å². The number of H-pyrrole nitrogens is 1. The molecule has 0 aliphatic carbocycles. The molecule has 6 heteroatoms. The van der Waals surface area contributed by atoms with Crippen molar-refractivity contribution in [3.05, 3.63) is 39.4 Å². The molecule has 0 spiro atoms. The first-order valence-corrected chi connectivity index (χ1v) is 8.22. The van der Waals surface area contributed by atoms with E-state index in [0.29, 0.717) is 11.3 Å². The Morgan fingerprint density at radius 2 is 2.29 bits per heavy atom. The van der Waals surface area contributed by atoms with Crippen molar-refractivity contribution in [2.75, 3.05) is 6.61 Å². The number of aromatic amines is 1. The minimum Gasteiger partial charge on any atom is -0.376 e. The summed E-state index contributed by atoms with van der Waals surface area (Å²) in [6.07, 6.45) is 2.15. The highest BCUT2D eigenvalue weighted by molar-refractivity contribution is 7.71. The minimum absolute atomic E-state index is 0.00884. The van der Waals surface area contributed by atoms with Crippen molar-refractivity contribution in [3.63, 3.8) is 0 Å². The normalized spacial score (nSPS) is 18.8. The van der Waals surface area contributed by atoms with Gasteiger partial charge in [-0.25, -0.2) is 0 Å². The van der Waals surface area contributed by atoms with Gasteiger partial charge in [0.1, 0.15) is 4.70 Å². The summed E-state index contributed by atoms with van der Waals surface area (Å²) in [6.45, 7) is 1.32. The summed E-state index contributed by atoms with van der Waals surface area (Å²) < 4.78 is 9.58. The summed E-state index contributed by atoms with van der Waals surface area (Å²) in [5, 5.41) is 1.06. The van der Waals surface area contributed by atoms with Crippen LogP contribution in [-0.4, -0.2) is 22.3 Å². The molecule has 1 atom stereocenters. The molecule has 1 fully saturated rings. The number of ether oxygens (including phenoxy) is 1. The third-order valence-electron chi connectivity index (χ3n) is 3.92. The first kappa shape index (κ1) is 13.2. The van der Waals surface area contributed by atoms with Crippen molar-refractivity contribution in [1.82, 2.24) is 9.55 Å². The van der Waals surface area contributed by atoms with E-state index in [1.807, 2.05) is 24.3 Å². The predicted molar refractivity (Wildman–Crippen MR) is 87.7 cm³/mol. The number of nitrogens with zero attached hydrogens (tertiary/aromatic N) is 1. The summed E-state index contributed by atoms with van der Waals surface area (Å²) >= 11 is 6.90. The lowest BCUT2D eigenvalue weighted by atomic mass is 10.2. The Morgan fingerprint density at radius 3 is 3.10 bits per heavy atom. The molecule has 1 N–H and O–H groups in total. The zero-order chi connectivity index (χ0) is 14.4. The number of rotatable bonds is 2. The SMILES string of the molecule is O=c1c2sc3ccccc3c2[nH]c(=S)n1C[C@H]1CCCO1. The number of fused-ring (bicyclic) bond motifs is 3. The molecule has 0 unspecified atom stereocenters. The smallest absolute Gasteiger partial charge is 0.272 e. The van der Waals surface area contributed by atoms with Gasteiger partial charge in [-0.2, -0.15) is 0 Å². The second-order valence-electron chi connectivity index (χ2n) is 5.28. The van der Waals surface area contributed by atoms with Gasteiger partial charge in [0.15, 0.2) is 4.77 Å².